The van der Waals surface area contributed by atoms with Crippen LogP contribution in [0.5, 0.6) is 0 Å². The number of nitrogens with one attached hydrogen (secondary N) is 1. The number of anilines is 1. The van der Waals surface area contributed by atoms with Crippen molar-refractivity contribution in [3.05, 3.63) is 34.6 Å². The number of nitrogens with zero attached hydrogens (tertiary/aromatic N) is 2. The molecule has 22 heavy (non-hydrogen) atoms. The van der Waals surface area contributed by atoms with Crippen molar-refractivity contribution >= 4 is 27.0 Å². The van der Waals surface area contributed by atoms with Crippen LogP contribution < -0.4 is 10.9 Å². The van der Waals surface area contributed by atoms with Crippen LogP contribution in [0.3, 0.4) is 0 Å². The van der Waals surface area contributed by atoms with Crippen LogP contribution in [0.1, 0.15) is 6.04 Å². The van der Waals surface area contributed by atoms with Gasteiger partial charge in [0, 0.05) is 6.54 Å². The lowest BCUT2D eigenvalue weighted by Gasteiger charge is -2.10. The predicted octanol–water partition coefficient (Wildman–Crippen LogP) is 0.343. The zero-order valence-electron chi connectivity index (χ0n) is 11.7. The summed E-state index contributed by atoms with van der Waals surface area (Å²) in [5.74, 6) is 6.09. The number of fused-ring (bicyclic) bond motifs is 3. The molecule has 0 amide bonds. The summed E-state index contributed by atoms with van der Waals surface area (Å²) in [7, 11) is -3.50. The second-order valence-corrected chi connectivity index (χ2v) is 6.46. The Hall–Kier alpha value is -2.37. The number of hydrogen-bond donors (Lipinski definition) is 1. The van der Waals surface area contributed by atoms with Crippen molar-refractivity contribution < 1.29 is 12.6 Å². The van der Waals surface area contributed by atoms with Crippen LogP contribution >= 0.6 is 0 Å². The van der Waals surface area contributed by atoms with Crippen molar-refractivity contribution in [1.82, 2.24) is 9.55 Å². The molecule has 1 aromatic carbocycles. The quantitative estimate of drug-likeness (QED) is 0.634. The predicted molar refractivity (Wildman–Crippen MR) is 82.1 cm³/mol. The van der Waals surface area contributed by atoms with Crippen LogP contribution in [0.15, 0.2) is 29.1 Å². The minimum absolute atomic E-state index is 0.198. The van der Waals surface area contributed by atoms with E-state index in [1.807, 2.05) is 16.7 Å². The van der Waals surface area contributed by atoms with Crippen molar-refractivity contribution in [3.63, 3.8) is 0 Å². The van der Waals surface area contributed by atoms with Crippen molar-refractivity contribution in [2.45, 2.75) is 6.04 Å². The van der Waals surface area contributed by atoms with Crippen LogP contribution in [0, 0.1) is 11.8 Å². The van der Waals surface area contributed by atoms with Crippen LogP contribution in [0.2, 0.25) is 0 Å². The molecule has 1 aliphatic heterocycles. The summed E-state index contributed by atoms with van der Waals surface area (Å²) >= 11 is 0. The molecule has 8 heteroatoms. The summed E-state index contributed by atoms with van der Waals surface area (Å²) in [4.78, 5) is 15.9. The third kappa shape index (κ3) is 2.81. The SMILES string of the molecule is CS(=O)(=O)OCC#CC1CNc2nc(=O)c3ccccc3n21. The van der Waals surface area contributed by atoms with Gasteiger partial charge in [-0.25, -0.2) is 0 Å². The molecule has 0 saturated heterocycles. The fourth-order valence-electron chi connectivity index (χ4n) is 2.32. The van der Waals surface area contributed by atoms with Crippen LogP contribution in [-0.2, 0) is 14.3 Å². The van der Waals surface area contributed by atoms with E-state index in [0.29, 0.717) is 17.9 Å². The first-order valence-corrected chi connectivity index (χ1v) is 8.35. The van der Waals surface area contributed by atoms with Gasteiger partial charge in [0.15, 0.2) is 0 Å². The summed E-state index contributed by atoms with van der Waals surface area (Å²) < 4.78 is 28.2. The van der Waals surface area contributed by atoms with Crippen molar-refractivity contribution in [2.75, 3.05) is 24.7 Å². The number of rotatable bonds is 2. The first kappa shape index (κ1) is 14.6. The molecule has 0 fully saturated rings. The molecule has 7 nitrogen and oxygen atoms in total. The maximum Gasteiger partial charge on any atom is 0.282 e. The highest BCUT2D eigenvalue weighted by Crippen LogP contribution is 2.25. The average molecular weight is 319 g/mol. The van der Waals surface area contributed by atoms with E-state index in [9.17, 15) is 13.2 Å². The molecule has 1 unspecified atom stereocenters. The lowest BCUT2D eigenvalue weighted by molar-refractivity contribution is 0.367. The summed E-state index contributed by atoms with van der Waals surface area (Å²) in [6.07, 6.45) is 0.975. The van der Waals surface area contributed by atoms with Gasteiger partial charge in [-0.05, 0) is 12.1 Å². The van der Waals surface area contributed by atoms with Crippen LogP contribution in [0.25, 0.3) is 10.9 Å². The molecule has 1 atom stereocenters. The molecule has 1 aliphatic rings. The Morgan fingerprint density at radius 3 is 3.00 bits per heavy atom. The molecular formula is C14H13N3O4S. The molecule has 2 heterocycles. The van der Waals surface area contributed by atoms with Gasteiger partial charge in [-0.15, -0.1) is 0 Å². The lowest BCUT2D eigenvalue weighted by atomic mass is 10.2. The molecule has 0 spiro atoms. The van der Waals surface area contributed by atoms with Gasteiger partial charge in [0.05, 0.1) is 17.2 Å². The summed E-state index contributed by atoms with van der Waals surface area (Å²) in [5.41, 5.74) is 0.453. The third-order valence-electron chi connectivity index (χ3n) is 3.21. The van der Waals surface area contributed by atoms with Gasteiger partial charge < -0.3 is 5.32 Å². The topological polar surface area (TPSA) is 90.3 Å². The molecule has 2 aromatic rings. The average Bonchev–Trinajstić information content (AvgIpc) is 2.86. The van der Waals surface area contributed by atoms with Gasteiger partial charge in [-0.2, -0.15) is 13.4 Å². The largest absolute Gasteiger partial charge is 0.352 e. The summed E-state index contributed by atoms with van der Waals surface area (Å²) in [5, 5.41) is 3.55. The second-order valence-electron chi connectivity index (χ2n) is 4.81. The number of hydrogen-bond acceptors (Lipinski definition) is 6. The number of aromatic nitrogens is 2. The van der Waals surface area contributed by atoms with Gasteiger partial charge in [-0.3, -0.25) is 13.5 Å². The van der Waals surface area contributed by atoms with E-state index in [1.54, 1.807) is 12.1 Å². The van der Waals surface area contributed by atoms with Gasteiger partial charge in [0.25, 0.3) is 15.7 Å². The molecular weight excluding hydrogens is 306 g/mol. The molecule has 0 bridgehead atoms. The highest BCUT2D eigenvalue weighted by Gasteiger charge is 2.23. The standard InChI is InChI=1S/C14H13N3O4S/c1-22(19,20)21-8-4-5-10-9-15-14-16-13(18)11-6-2-3-7-12(11)17(10)14/h2-3,6-7,10H,8-9H2,1H3,(H,15,16,18). The van der Waals surface area contributed by atoms with E-state index < -0.39 is 10.1 Å². The first-order chi connectivity index (χ1) is 10.5. The fraction of sp³-hybridized carbons (Fsp3) is 0.286. The number of para-hydroxylation sites is 1. The van der Waals surface area contributed by atoms with Crippen LogP contribution in [0.4, 0.5) is 5.95 Å². The Balaban J connectivity index is 1.97. The summed E-state index contributed by atoms with van der Waals surface area (Å²) in [6.45, 7) is 0.294. The Labute approximate surface area is 127 Å². The molecule has 0 radical (unpaired) electrons. The lowest BCUT2D eigenvalue weighted by Crippen LogP contribution is -2.14. The fourth-order valence-corrected chi connectivity index (χ4v) is 2.59. The molecule has 1 aromatic heterocycles. The minimum atomic E-state index is -3.50. The van der Waals surface area contributed by atoms with Gasteiger partial charge in [-0.1, -0.05) is 24.0 Å². The molecule has 3 rings (SSSR count). The van der Waals surface area contributed by atoms with Gasteiger partial charge in [0.2, 0.25) is 5.95 Å². The Kier molecular flexibility index (Phi) is 3.60. The third-order valence-corrected chi connectivity index (χ3v) is 3.75. The van der Waals surface area contributed by atoms with E-state index in [2.05, 4.69) is 26.3 Å². The Morgan fingerprint density at radius 1 is 1.45 bits per heavy atom. The summed E-state index contributed by atoms with van der Waals surface area (Å²) in [6, 6.07) is 6.92. The van der Waals surface area contributed by atoms with E-state index in [-0.39, 0.29) is 18.2 Å². The van der Waals surface area contributed by atoms with E-state index in [1.165, 1.54) is 0 Å². The molecule has 1 N–H and O–H groups in total. The molecule has 0 saturated carbocycles. The monoisotopic (exact) mass is 319 g/mol. The highest BCUT2D eigenvalue weighted by atomic mass is 32.2. The zero-order valence-corrected chi connectivity index (χ0v) is 12.6. The first-order valence-electron chi connectivity index (χ1n) is 6.54. The molecule has 0 aliphatic carbocycles. The maximum absolute atomic E-state index is 11.9. The van der Waals surface area contributed by atoms with E-state index in [4.69, 9.17) is 0 Å². The smallest absolute Gasteiger partial charge is 0.282 e. The Bertz CT molecular complexity index is 953. The van der Waals surface area contributed by atoms with Gasteiger partial charge in [0.1, 0.15) is 12.6 Å². The number of benzene rings is 1. The highest BCUT2D eigenvalue weighted by molar-refractivity contribution is 7.86. The maximum atomic E-state index is 11.9. The Morgan fingerprint density at radius 2 is 2.23 bits per heavy atom. The van der Waals surface area contributed by atoms with Crippen molar-refractivity contribution in [2.24, 2.45) is 0 Å². The normalized spacial score (nSPS) is 16.7. The van der Waals surface area contributed by atoms with E-state index in [0.717, 1.165) is 11.8 Å². The minimum Gasteiger partial charge on any atom is -0.352 e. The molecule has 114 valence electrons. The van der Waals surface area contributed by atoms with E-state index >= 15 is 0 Å². The van der Waals surface area contributed by atoms with Crippen LogP contribution in [-0.4, -0.2) is 37.4 Å². The zero-order chi connectivity index (χ0) is 15.7. The van der Waals surface area contributed by atoms with Gasteiger partial charge >= 0.3 is 0 Å². The second kappa shape index (κ2) is 5.44. The van der Waals surface area contributed by atoms with Crippen molar-refractivity contribution in [3.8, 4) is 11.8 Å². The van der Waals surface area contributed by atoms with Crippen molar-refractivity contribution in [1.29, 1.82) is 0 Å².